The lowest BCUT2D eigenvalue weighted by Gasteiger charge is -2.35. The molecule has 134 valence electrons. The van der Waals surface area contributed by atoms with Crippen molar-refractivity contribution in [1.29, 1.82) is 0 Å². The highest BCUT2D eigenvalue weighted by Gasteiger charge is 2.27. The second-order valence-electron chi connectivity index (χ2n) is 7.33. The van der Waals surface area contributed by atoms with E-state index in [1.165, 1.54) is 11.3 Å². The SMILES string of the molecule is CC(=O)N1CCN(c2cc3nc(C(C)(C)C)sc3cc2[N+](=O)[O-])CC1. The molecule has 25 heavy (non-hydrogen) atoms. The molecule has 1 aliphatic rings. The summed E-state index contributed by atoms with van der Waals surface area (Å²) in [5.41, 5.74) is 1.40. The Bertz CT molecular complexity index is 832. The third-order valence-electron chi connectivity index (χ3n) is 4.39. The molecule has 0 bridgehead atoms. The molecular formula is C17H22N4O3S. The van der Waals surface area contributed by atoms with Crippen molar-refractivity contribution < 1.29 is 9.72 Å². The highest BCUT2D eigenvalue weighted by molar-refractivity contribution is 7.18. The number of rotatable bonds is 2. The first kappa shape index (κ1) is 17.6. The van der Waals surface area contributed by atoms with Gasteiger partial charge in [-0.25, -0.2) is 4.98 Å². The van der Waals surface area contributed by atoms with Gasteiger partial charge in [-0.05, 0) is 6.07 Å². The fourth-order valence-electron chi connectivity index (χ4n) is 2.93. The summed E-state index contributed by atoms with van der Waals surface area (Å²) in [6.07, 6.45) is 0. The van der Waals surface area contributed by atoms with Crippen molar-refractivity contribution in [3.63, 3.8) is 0 Å². The molecule has 2 heterocycles. The zero-order valence-electron chi connectivity index (χ0n) is 14.9. The lowest BCUT2D eigenvalue weighted by Crippen LogP contribution is -2.48. The largest absolute Gasteiger partial charge is 0.362 e. The number of amides is 1. The molecule has 1 fully saturated rings. The molecule has 1 amide bonds. The van der Waals surface area contributed by atoms with Gasteiger partial charge in [0.05, 0.1) is 20.1 Å². The van der Waals surface area contributed by atoms with Crippen LogP contribution < -0.4 is 4.90 Å². The van der Waals surface area contributed by atoms with E-state index in [0.29, 0.717) is 31.9 Å². The van der Waals surface area contributed by atoms with Gasteiger partial charge in [-0.3, -0.25) is 14.9 Å². The van der Waals surface area contributed by atoms with Crippen LogP contribution in [0.1, 0.15) is 32.7 Å². The number of carbonyl (C=O) groups excluding carboxylic acids is 1. The van der Waals surface area contributed by atoms with E-state index in [2.05, 4.69) is 25.8 Å². The van der Waals surface area contributed by atoms with E-state index in [9.17, 15) is 14.9 Å². The number of fused-ring (bicyclic) bond motifs is 1. The number of piperazine rings is 1. The molecule has 0 spiro atoms. The van der Waals surface area contributed by atoms with Gasteiger partial charge in [0.15, 0.2) is 0 Å². The van der Waals surface area contributed by atoms with E-state index in [1.54, 1.807) is 17.9 Å². The van der Waals surface area contributed by atoms with Gasteiger partial charge >= 0.3 is 0 Å². The molecule has 1 aromatic carbocycles. The zero-order valence-corrected chi connectivity index (χ0v) is 15.7. The van der Waals surface area contributed by atoms with Crippen LogP contribution in [-0.2, 0) is 10.2 Å². The molecule has 1 aromatic heterocycles. The number of hydrogen-bond acceptors (Lipinski definition) is 6. The molecule has 1 aliphatic heterocycles. The van der Waals surface area contributed by atoms with Crippen molar-refractivity contribution in [1.82, 2.24) is 9.88 Å². The zero-order chi connectivity index (χ0) is 18.4. The molecule has 0 atom stereocenters. The molecule has 7 nitrogen and oxygen atoms in total. The molecular weight excluding hydrogens is 340 g/mol. The number of nitrogens with zero attached hydrogens (tertiary/aromatic N) is 4. The predicted octanol–water partition coefficient (Wildman–Crippen LogP) is 3.17. The van der Waals surface area contributed by atoms with Gasteiger partial charge in [-0.15, -0.1) is 11.3 Å². The summed E-state index contributed by atoms with van der Waals surface area (Å²) in [6.45, 7) is 10.1. The van der Waals surface area contributed by atoms with Gasteiger partial charge < -0.3 is 9.80 Å². The number of thiazole rings is 1. The molecule has 2 aromatic rings. The Hall–Kier alpha value is -2.22. The lowest BCUT2D eigenvalue weighted by atomic mass is 9.98. The Morgan fingerprint density at radius 1 is 1.24 bits per heavy atom. The fourth-order valence-corrected chi connectivity index (χ4v) is 3.97. The quantitative estimate of drug-likeness (QED) is 0.605. The molecule has 1 saturated heterocycles. The third kappa shape index (κ3) is 3.44. The topological polar surface area (TPSA) is 79.6 Å². The number of anilines is 1. The molecule has 0 saturated carbocycles. The second kappa shape index (κ2) is 6.25. The van der Waals surface area contributed by atoms with Crippen LogP contribution in [0.5, 0.6) is 0 Å². The van der Waals surface area contributed by atoms with Crippen LogP contribution in [0, 0.1) is 10.1 Å². The minimum Gasteiger partial charge on any atom is -0.362 e. The van der Waals surface area contributed by atoms with Crippen LogP contribution in [-0.4, -0.2) is 46.9 Å². The van der Waals surface area contributed by atoms with E-state index < -0.39 is 0 Å². The number of nitro benzene ring substituents is 1. The predicted molar refractivity (Wildman–Crippen MR) is 99.4 cm³/mol. The first-order valence-corrected chi connectivity index (χ1v) is 9.08. The Morgan fingerprint density at radius 3 is 2.40 bits per heavy atom. The summed E-state index contributed by atoms with van der Waals surface area (Å²) in [6, 6.07) is 3.46. The molecule has 0 N–H and O–H groups in total. The smallest absolute Gasteiger partial charge is 0.294 e. The monoisotopic (exact) mass is 362 g/mol. The van der Waals surface area contributed by atoms with Crippen LogP contribution in [0.15, 0.2) is 12.1 Å². The van der Waals surface area contributed by atoms with Crippen LogP contribution in [0.2, 0.25) is 0 Å². The lowest BCUT2D eigenvalue weighted by molar-refractivity contribution is -0.384. The molecule has 3 rings (SSSR count). The summed E-state index contributed by atoms with van der Waals surface area (Å²) >= 11 is 1.51. The van der Waals surface area contributed by atoms with E-state index in [1.807, 2.05) is 11.0 Å². The Morgan fingerprint density at radius 2 is 1.88 bits per heavy atom. The van der Waals surface area contributed by atoms with E-state index in [4.69, 9.17) is 0 Å². The van der Waals surface area contributed by atoms with Crippen molar-refractivity contribution in [3.05, 3.63) is 27.3 Å². The van der Waals surface area contributed by atoms with Crippen LogP contribution in [0.3, 0.4) is 0 Å². The van der Waals surface area contributed by atoms with Crippen LogP contribution >= 0.6 is 11.3 Å². The van der Waals surface area contributed by atoms with Crippen LogP contribution in [0.25, 0.3) is 10.2 Å². The maximum atomic E-state index is 11.6. The van der Waals surface area contributed by atoms with E-state index in [-0.39, 0.29) is 21.9 Å². The normalized spacial score (nSPS) is 15.7. The van der Waals surface area contributed by atoms with Gasteiger partial charge in [-0.1, -0.05) is 20.8 Å². The molecule has 8 heteroatoms. The second-order valence-corrected chi connectivity index (χ2v) is 8.36. The summed E-state index contributed by atoms with van der Waals surface area (Å²) in [5, 5.41) is 12.6. The summed E-state index contributed by atoms with van der Waals surface area (Å²) < 4.78 is 0.836. The Labute approximate surface area is 150 Å². The average molecular weight is 362 g/mol. The maximum absolute atomic E-state index is 11.6. The number of hydrogen-bond donors (Lipinski definition) is 0. The van der Waals surface area contributed by atoms with Crippen molar-refractivity contribution in [3.8, 4) is 0 Å². The first-order valence-electron chi connectivity index (χ1n) is 8.27. The Kier molecular flexibility index (Phi) is 4.40. The fraction of sp³-hybridized carbons (Fsp3) is 0.529. The number of nitro groups is 1. The summed E-state index contributed by atoms with van der Waals surface area (Å²) in [5.74, 6) is 0.0407. The standard InChI is InChI=1S/C17H22N4O3S/c1-11(22)19-5-7-20(8-6-19)13-9-12-15(10-14(13)21(23)24)25-16(18-12)17(2,3)4/h9-10H,5-8H2,1-4H3. The van der Waals surface area contributed by atoms with Crippen molar-refractivity contribution in [2.24, 2.45) is 0 Å². The Balaban J connectivity index is 2.00. The van der Waals surface area contributed by atoms with Crippen molar-refractivity contribution >= 4 is 38.8 Å². The van der Waals surface area contributed by atoms with Crippen molar-refractivity contribution in [2.75, 3.05) is 31.1 Å². The van der Waals surface area contributed by atoms with Crippen LogP contribution in [0.4, 0.5) is 11.4 Å². The minimum atomic E-state index is -0.331. The maximum Gasteiger partial charge on any atom is 0.294 e. The third-order valence-corrected chi connectivity index (χ3v) is 5.83. The van der Waals surface area contributed by atoms with Gasteiger partial charge in [-0.2, -0.15) is 0 Å². The first-order chi connectivity index (χ1) is 11.7. The summed E-state index contributed by atoms with van der Waals surface area (Å²) in [4.78, 5) is 31.2. The average Bonchev–Trinajstić information content (AvgIpc) is 2.97. The van der Waals surface area contributed by atoms with E-state index in [0.717, 1.165) is 15.2 Å². The van der Waals surface area contributed by atoms with Gasteiger partial charge in [0.1, 0.15) is 5.69 Å². The molecule has 0 unspecified atom stereocenters. The van der Waals surface area contributed by atoms with Gasteiger partial charge in [0.25, 0.3) is 5.69 Å². The number of benzene rings is 1. The van der Waals surface area contributed by atoms with Gasteiger partial charge in [0.2, 0.25) is 5.91 Å². The molecule has 0 aliphatic carbocycles. The highest BCUT2D eigenvalue weighted by Crippen LogP contribution is 2.38. The van der Waals surface area contributed by atoms with Crippen molar-refractivity contribution in [2.45, 2.75) is 33.1 Å². The minimum absolute atomic E-state index is 0.0407. The number of aromatic nitrogens is 1. The highest BCUT2D eigenvalue weighted by atomic mass is 32.1. The summed E-state index contributed by atoms with van der Waals surface area (Å²) in [7, 11) is 0. The molecule has 0 radical (unpaired) electrons. The number of carbonyl (C=O) groups is 1. The van der Waals surface area contributed by atoms with Gasteiger partial charge in [0, 0.05) is 44.6 Å². The van der Waals surface area contributed by atoms with E-state index >= 15 is 0 Å².